The lowest BCUT2D eigenvalue weighted by Gasteiger charge is -2.06. The molecule has 0 saturated carbocycles. The Balaban J connectivity index is 2.03. The predicted molar refractivity (Wildman–Crippen MR) is 59.7 cm³/mol. The molecular weight excluding hydrogens is 223 g/mol. The molecule has 0 amide bonds. The van der Waals surface area contributed by atoms with Gasteiger partial charge in [-0.3, -0.25) is 4.79 Å². The third-order valence-corrected chi connectivity index (χ3v) is 2.24. The van der Waals surface area contributed by atoms with E-state index in [1.165, 1.54) is 18.4 Å². The Morgan fingerprint density at radius 2 is 2.24 bits per heavy atom. The molecule has 0 aliphatic rings. The van der Waals surface area contributed by atoms with Crippen molar-refractivity contribution in [1.82, 2.24) is 0 Å². The summed E-state index contributed by atoms with van der Waals surface area (Å²) in [5.41, 5.74) is 0.867. The number of ketones is 1. The maximum atomic E-state index is 13.3. The fourth-order valence-corrected chi connectivity index (χ4v) is 1.37. The normalized spacial score (nSPS) is 10.2. The number of ether oxygens (including phenoxy) is 1. The van der Waals surface area contributed by atoms with Gasteiger partial charge in [-0.2, -0.15) is 0 Å². The molecule has 0 radical (unpaired) electrons. The van der Waals surface area contributed by atoms with Gasteiger partial charge in [0.1, 0.15) is 0 Å². The van der Waals surface area contributed by atoms with Crippen LogP contribution in [0.5, 0.6) is 5.75 Å². The number of halogens is 1. The highest BCUT2D eigenvalue weighted by molar-refractivity contribution is 5.94. The molecule has 0 aliphatic heterocycles. The van der Waals surface area contributed by atoms with Crippen molar-refractivity contribution in [3.8, 4) is 5.75 Å². The second-order valence-electron chi connectivity index (χ2n) is 3.62. The highest BCUT2D eigenvalue weighted by Gasteiger charge is 2.11. The molecule has 1 heterocycles. The number of rotatable bonds is 4. The average Bonchev–Trinajstić information content (AvgIpc) is 2.83. The van der Waals surface area contributed by atoms with Crippen molar-refractivity contribution in [3.05, 3.63) is 53.7 Å². The van der Waals surface area contributed by atoms with Crippen LogP contribution in [-0.4, -0.2) is 12.4 Å². The second-order valence-corrected chi connectivity index (χ2v) is 3.62. The standard InChI is InChI=1S/C13H11FO3/c1-9-4-5-10(14)13(7-9)17-8-11(15)12-3-2-6-16-12/h2-7H,8H2,1H3. The molecule has 88 valence electrons. The second kappa shape index (κ2) is 4.82. The average molecular weight is 234 g/mol. The fourth-order valence-electron chi connectivity index (χ4n) is 1.37. The van der Waals surface area contributed by atoms with Crippen LogP contribution >= 0.6 is 0 Å². The number of carbonyl (C=O) groups is 1. The van der Waals surface area contributed by atoms with Crippen LogP contribution in [0.15, 0.2) is 41.0 Å². The summed E-state index contributed by atoms with van der Waals surface area (Å²) in [6.07, 6.45) is 1.40. The van der Waals surface area contributed by atoms with Gasteiger partial charge in [-0.15, -0.1) is 0 Å². The van der Waals surface area contributed by atoms with Gasteiger partial charge in [0.25, 0.3) is 0 Å². The van der Waals surface area contributed by atoms with E-state index >= 15 is 0 Å². The van der Waals surface area contributed by atoms with Crippen molar-refractivity contribution < 1.29 is 18.3 Å². The molecule has 17 heavy (non-hydrogen) atoms. The molecule has 0 saturated heterocycles. The van der Waals surface area contributed by atoms with E-state index in [2.05, 4.69) is 0 Å². The monoisotopic (exact) mass is 234 g/mol. The van der Waals surface area contributed by atoms with Gasteiger partial charge in [0.15, 0.2) is 23.9 Å². The van der Waals surface area contributed by atoms with Crippen LogP contribution in [0.25, 0.3) is 0 Å². The molecule has 2 aromatic rings. The van der Waals surface area contributed by atoms with Gasteiger partial charge in [-0.1, -0.05) is 6.07 Å². The minimum absolute atomic E-state index is 0.0740. The number of aryl methyl sites for hydroxylation is 1. The van der Waals surface area contributed by atoms with E-state index in [0.29, 0.717) is 0 Å². The van der Waals surface area contributed by atoms with Crippen molar-refractivity contribution in [2.75, 3.05) is 6.61 Å². The Kier molecular flexibility index (Phi) is 3.23. The smallest absolute Gasteiger partial charge is 0.235 e. The molecule has 4 heteroatoms. The summed E-state index contributed by atoms with van der Waals surface area (Å²) in [7, 11) is 0. The first kappa shape index (κ1) is 11.4. The third-order valence-electron chi connectivity index (χ3n) is 2.24. The molecule has 0 N–H and O–H groups in total. The number of furan rings is 1. The first-order chi connectivity index (χ1) is 8.16. The van der Waals surface area contributed by atoms with Crippen LogP contribution in [0, 0.1) is 12.7 Å². The summed E-state index contributed by atoms with van der Waals surface area (Å²) < 4.78 is 23.3. The molecule has 1 aromatic carbocycles. The molecule has 0 atom stereocenters. The lowest BCUT2D eigenvalue weighted by Crippen LogP contribution is -2.11. The van der Waals surface area contributed by atoms with Crippen molar-refractivity contribution in [1.29, 1.82) is 0 Å². The van der Waals surface area contributed by atoms with Crippen LogP contribution in [0.1, 0.15) is 16.1 Å². The third kappa shape index (κ3) is 2.72. The van der Waals surface area contributed by atoms with Crippen LogP contribution in [-0.2, 0) is 0 Å². The summed E-state index contributed by atoms with van der Waals surface area (Å²) in [5, 5.41) is 0. The molecule has 3 nitrogen and oxygen atoms in total. The lowest BCUT2D eigenvalue weighted by molar-refractivity contribution is 0.0891. The Hall–Kier alpha value is -2.10. The molecule has 0 bridgehead atoms. The Bertz CT molecular complexity index is 517. The van der Waals surface area contributed by atoms with E-state index in [1.807, 2.05) is 6.92 Å². The SMILES string of the molecule is Cc1ccc(F)c(OCC(=O)c2ccco2)c1. The number of hydrogen-bond donors (Lipinski definition) is 0. The molecule has 1 aromatic heterocycles. The van der Waals surface area contributed by atoms with E-state index in [1.54, 1.807) is 18.2 Å². The lowest BCUT2D eigenvalue weighted by atomic mass is 10.2. The first-order valence-corrected chi connectivity index (χ1v) is 5.12. The number of benzene rings is 1. The fraction of sp³-hybridized carbons (Fsp3) is 0.154. The quantitative estimate of drug-likeness (QED) is 0.763. The van der Waals surface area contributed by atoms with Crippen LogP contribution in [0.3, 0.4) is 0 Å². The Morgan fingerprint density at radius 3 is 2.94 bits per heavy atom. The van der Waals surface area contributed by atoms with Gasteiger partial charge < -0.3 is 9.15 Å². The minimum atomic E-state index is -0.483. The molecular formula is C13H11FO3. The molecule has 2 rings (SSSR count). The van der Waals surface area contributed by atoms with Gasteiger partial charge in [0, 0.05) is 0 Å². The maximum Gasteiger partial charge on any atom is 0.235 e. The van der Waals surface area contributed by atoms with Gasteiger partial charge in [-0.05, 0) is 36.8 Å². The zero-order chi connectivity index (χ0) is 12.3. The van der Waals surface area contributed by atoms with Gasteiger partial charge in [0.05, 0.1) is 6.26 Å². The van der Waals surface area contributed by atoms with Gasteiger partial charge in [0.2, 0.25) is 5.78 Å². The Labute approximate surface area is 97.8 Å². The van der Waals surface area contributed by atoms with Gasteiger partial charge >= 0.3 is 0 Å². The summed E-state index contributed by atoms with van der Waals surface area (Å²) in [6.45, 7) is 1.58. The Morgan fingerprint density at radius 1 is 1.41 bits per heavy atom. The highest BCUT2D eigenvalue weighted by Crippen LogP contribution is 2.18. The van der Waals surface area contributed by atoms with Gasteiger partial charge in [-0.25, -0.2) is 4.39 Å². The number of carbonyl (C=O) groups excluding carboxylic acids is 1. The maximum absolute atomic E-state index is 13.3. The first-order valence-electron chi connectivity index (χ1n) is 5.12. The predicted octanol–water partition coefficient (Wildman–Crippen LogP) is 2.99. The number of Topliss-reactive ketones (excluding diaryl/α,β-unsaturated/α-hetero) is 1. The number of hydrogen-bond acceptors (Lipinski definition) is 3. The van der Waals surface area contributed by atoms with Crippen molar-refractivity contribution in [2.24, 2.45) is 0 Å². The molecule has 0 aliphatic carbocycles. The summed E-state index contributed by atoms with van der Waals surface area (Å²) in [4.78, 5) is 11.5. The topological polar surface area (TPSA) is 39.4 Å². The zero-order valence-electron chi connectivity index (χ0n) is 9.27. The van der Waals surface area contributed by atoms with E-state index in [4.69, 9.17) is 9.15 Å². The van der Waals surface area contributed by atoms with E-state index in [-0.39, 0.29) is 23.9 Å². The van der Waals surface area contributed by atoms with E-state index in [9.17, 15) is 9.18 Å². The van der Waals surface area contributed by atoms with E-state index < -0.39 is 5.82 Å². The molecule has 0 spiro atoms. The van der Waals surface area contributed by atoms with Crippen LogP contribution < -0.4 is 4.74 Å². The highest BCUT2D eigenvalue weighted by atomic mass is 19.1. The summed E-state index contributed by atoms with van der Waals surface area (Å²) in [6, 6.07) is 7.64. The van der Waals surface area contributed by atoms with Crippen molar-refractivity contribution in [3.63, 3.8) is 0 Å². The summed E-state index contributed by atoms with van der Waals surface area (Å²) >= 11 is 0. The summed E-state index contributed by atoms with van der Waals surface area (Å²) in [5.74, 6) is -0.526. The molecule has 0 fully saturated rings. The molecule has 0 unspecified atom stereocenters. The largest absolute Gasteiger partial charge is 0.482 e. The van der Waals surface area contributed by atoms with Crippen molar-refractivity contribution in [2.45, 2.75) is 6.92 Å². The van der Waals surface area contributed by atoms with Crippen LogP contribution in [0.2, 0.25) is 0 Å². The van der Waals surface area contributed by atoms with E-state index in [0.717, 1.165) is 5.56 Å². The van der Waals surface area contributed by atoms with Crippen molar-refractivity contribution >= 4 is 5.78 Å². The zero-order valence-corrected chi connectivity index (χ0v) is 9.27. The minimum Gasteiger partial charge on any atom is -0.482 e. The van der Waals surface area contributed by atoms with Crippen LogP contribution in [0.4, 0.5) is 4.39 Å².